The Bertz CT molecular complexity index is 649. The van der Waals surface area contributed by atoms with E-state index < -0.39 is 5.60 Å². The van der Waals surface area contributed by atoms with E-state index in [1.54, 1.807) is 4.90 Å². The molecular formula is C17H23N3O3. The van der Waals surface area contributed by atoms with Crippen LogP contribution in [0.15, 0.2) is 24.3 Å². The Balaban J connectivity index is 1.54. The van der Waals surface area contributed by atoms with Gasteiger partial charge in [-0.15, -0.1) is 0 Å². The molecule has 3 rings (SSSR count). The highest BCUT2D eigenvalue weighted by Crippen LogP contribution is 2.21. The van der Waals surface area contributed by atoms with Crippen LogP contribution in [0.5, 0.6) is 6.01 Å². The zero-order valence-corrected chi connectivity index (χ0v) is 13.8. The molecule has 0 unspecified atom stereocenters. The van der Waals surface area contributed by atoms with E-state index in [1.807, 2.05) is 45.0 Å². The fraction of sp³-hybridized carbons (Fsp3) is 0.529. The standard InChI is InChI=1S/C17H23N3O3/c1-17(2,3)23-16(21)20-10-8-12(9-11-20)22-15-18-13-6-4-5-7-14(13)19-15/h4-7,12H,8-11H2,1-3H3,(H,18,19). The monoisotopic (exact) mass is 317 g/mol. The van der Waals surface area contributed by atoms with Crippen LogP contribution in [0.3, 0.4) is 0 Å². The first-order valence-electron chi connectivity index (χ1n) is 8.00. The van der Waals surface area contributed by atoms with Gasteiger partial charge in [0.1, 0.15) is 11.7 Å². The summed E-state index contributed by atoms with van der Waals surface area (Å²) in [6.45, 7) is 6.91. The number of amides is 1. The van der Waals surface area contributed by atoms with E-state index in [9.17, 15) is 4.79 Å². The highest BCUT2D eigenvalue weighted by atomic mass is 16.6. The number of hydrogen-bond donors (Lipinski definition) is 1. The van der Waals surface area contributed by atoms with Crippen LogP contribution < -0.4 is 4.74 Å². The summed E-state index contributed by atoms with van der Waals surface area (Å²) in [5.74, 6) is 0. The summed E-state index contributed by atoms with van der Waals surface area (Å²) in [7, 11) is 0. The molecule has 2 aromatic rings. The average molecular weight is 317 g/mol. The van der Waals surface area contributed by atoms with Crippen LogP contribution in [0.4, 0.5) is 4.79 Å². The van der Waals surface area contributed by atoms with Crippen molar-refractivity contribution in [1.29, 1.82) is 0 Å². The minimum atomic E-state index is -0.460. The molecule has 6 heteroatoms. The van der Waals surface area contributed by atoms with Crippen molar-refractivity contribution in [1.82, 2.24) is 14.9 Å². The number of carbonyl (C=O) groups is 1. The number of imidazole rings is 1. The first-order chi connectivity index (χ1) is 10.9. The van der Waals surface area contributed by atoms with Gasteiger partial charge >= 0.3 is 6.09 Å². The van der Waals surface area contributed by atoms with Crippen LogP contribution in [0.2, 0.25) is 0 Å². The normalized spacial score (nSPS) is 16.6. The molecule has 0 bridgehead atoms. The number of carbonyl (C=O) groups excluding carboxylic acids is 1. The molecule has 0 atom stereocenters. The number of nitrogens with zero attached hydrogens (tertiary/aromatic N) is 2. The molecule has 0 aliphatic carbocycles. The lowest BCUT2D eigenvalue weighted by molar-refractivity contribution is 0.0120. The number of aromatic nitrogens is 2. The first kappa shape index (κ1) is 15.6. The van der Waals surface area contributed by atoms with Gasteiger partial charge in [-0.3, -0.25) is 0 Å². The minimum Gasteiger partial charge on any atom is -0.461 e. The Morgan fingerprint density at radius 2 is 1.96 bits per heavy atom. The number of rotatable bonds is 2. The zero-order chi connectivity index (χ0) is 16.4. The first-order valence-corrected chi connectivity index (χ1v) is 8.00. The van der Waals surface area contributed by atoms with Gasteiger partial charge in [0.2, 0.25) is 0 Å². The second-order valence-corrected chi connectivity index (χ2v) is 6.84. The fourth-order valence-corrected chi connectivity index (χ4v) is 2.63. The third kappa shape index (κ3) is 3.94. The molecule has 2 heterocycles. The number of benzene rings is 1. The van der Waals surface area contributed by atoms with Crippen molar-refractivity contribution in [2.24, 2.45) is 0 Å². The summed E-state index contributed by atoms with van der Waals surface area (Å²) in [6.07, 6.45) is 1.36. The molecule has 124 valence electrons. The molecule has 1 N–H and O–H groups in total. The van der Waals surface area contributed by atoms with Crippen molar-refractivity contribution in [3.63, 3.8) is 0 Å². The van der Waals surface area contributed by atoms with Gasteiger partial charge in [-0.2, -0.15) is 4.98 Å². The smallest absolute Gasteiger partial charge is 0.410 e. The molecule has 1 saturated heterocycles. The van der Waals surface area contributed by atoms with Crippen molar-refractivity contribution in [3.05, 3.63) is 24.3 Å². The molecular weight excluding hydrogens is 294 g/mol. The molecule has 1 aromatic heterocycles. The maximum Gasteiger partial charge on any atom is 0.410 e. The number of piperidine rings is 1. The lowest BCUT2D eigenvalue weighted by atomic mass is 10.1. The summed E-state index contributed by atoms with van der Waals surface area (Å²) in [4.78, 5) is 21.4. The molecule has 0 radical (unpaired) electrons. The molecule has 23 heavy (non-hydrogen) atoms. The largest absolute Gasteiger partial charge is 0.461 e. The van der Waals surface area contributed by atoms with Crippen LogP contribution >= 0.6 is 0 Å². The van der Waals surface area contributed by atoms with Crippen molar-refractivity contribution < 1.29 is 14.3 Å². The lowest BCUT2D eigenvalue weighted by Crippen LogP contribution is -2.44. The van der Waals surface area contributed by atoms with Gasteiger partial charge in [-0.1, -0.05) is 12.1 Å². The summed E-state index contributed by atoms with van der Waals surface area (Å²) in [5.41, 5.74) is 1.40. The van der Waals surface area contributed by atoms with E-state index in [0.29, 0.717) is 19.1 Å². The lowest BCUT2D eigenvalue weighted by Gasteiger charge is -2.33. The van der Waals surface area contributed by atoms with E-state index in [-0.39, 0.29) is 12.2 Å². The van der Waals surface area contributed by atoms with Crippen LogP contribution in [0, 0.1) is 0 Å². The van der Waals surface area contributed by atoms with Gasteiger partial charge in [0.25, 0.3) is 6.01 Å². The van der Waals surface area contributed by atoms with Crippen molar-refractivity contribution in [2.75, 3.05) is 13.1 Å². The maximum atomic E-state index is 12.0. The average Bonchev–Trinajstić information content (AvgIpc) is 2.88. The predicted molar refractivity (Wildman–Crippen MR) is 87.6 cm³/mol. The Labute approximate surface area is 135 Å². The summed E-state index contributed by atoms with van der Waals surface area (Å²) in [6, 6.07) is 8.38. The highest BCUT2D eigenvalue weighted by molar-refractivity contribution is 5.75. The molecule has 0 spiro atoms. The third-order valence-electron chi connectivity index (χ3n) is 3.74. The van der Waals surface area contributed by atoms with Crippen molar-refractivity contribution >= 4 is 17.1 Å². The van der Waals surface area contributed by atoms with E-state index in [0.717, 1.165) is 23.9 Å². The molecule has 1 aliphatic heterocycles. The number of nitrogens with one attached hydrogen (secondary N) is 1. The molecule has 0 saturated carbocycles. The summed E-state index contributed by atoms with van der Waals surface area (Å²) < 4.78 is 11.3. The molecule has 6 nitrogen and oxygen atoms in total. The third-order valence-corrected chi connectivity index (χ3v) is 3.74. The van der Waals surface area contributed by atoms with Crippen LogP contribution in [-0.2, 0) is 4.74 Å². The SMILES string of the molecule is CC(C)(C)OC(=O)N1CCC(Oc2nc3ccccc3[nH]2)CC1. The number of aromatic amines is 1. The van der Waals surface area contributed by atoms with Gasteiger partial charge in [-0.25, -0.2) is 4.79 Å². The second kappa shape index (κ2) is 6.10. The quantitative estimate of drug-likeness (QED) is 0.922. The molecule has 1 amide bonds. The Hall–Kier alpha value is -2.24. The van der Waals surface area contributed by atoms with E-state index in [1.165, 1.54) is 0 Å². The van der Waals surface area contributed by atoms with Gasteiger partial charge in [0.15, 0.2) is 0 Å². The van der Waals surface area contributed by atoms with Gasteiger partial charge in [0, 0.05) is 25.9 Å². The van der Waals surface area contributed by atoms with Gasteiger partial charge in [0.05, 0.1) is 11.0 Å². The van der Waals surface area contributed by atoms with Crippen molar-refractivity contribution in [2.45, 2.75) is 45.3 Å². The maximum absolute atomic E-state index is 12.0. The fourth-order valence-electron chi connectivity index (χ4n) is 2.63. The summed E-state index contributed by atoms with van der Waals surface area (Å²) >= 11 is 0. The number of ether oxygens (including phenoxy) is 2. The van der Waals surface area contributed by atoms with Crippen LogP contribution in [-0.4, -0.2) is 45.8 Å². The minimum absolute atomic E-state index is 0.0641. The predicted octanol–water partition coefficient (Wildman–Crippen LogP) is 3.34. The zero-order valence-electron chi connectivity index (χ0n) is 13.8. The number of likely N-dealkylation sites (tertiary alicyclic amines) is 1. The number of fused-ring (bicyclic) bond motifs is 1. The molecule has 1 aromatic carbocycles. The Kier molecular flexibility index (Phi) is 4.15. The Morgan fingerprint density at radius 3 is 2.61 bits per heavy atom. The molecule has 1 fully saturated rings. The Morgan fingerprint density at radius 1 is 1.26 bits per heavy atom. The van der Waals surface area contributed by atoms with Crippen LogP contribution in [0.25, 0.3) is 11.0 Å². The second-order valence-electron chi connectivity index (χ2n) is 6.84. The van der Waals surface area contributed by atoms with E-state index in [4.69, 9.17) is 9.47 Å². The van der Waals surface area contributed by atoms with Crippen LogP contribution in [0.1, 0.15) is 33.6 Å². The van der Waals surface area contributed by atoms with E-state index >= 15 is 0 Å². The summed E-state index contributed by atoms with van der Waals surface area (Å²) in [5, 5.41) is 0. The number of hydrogen-bond acceptors (Lipinski definition) is 4. The van der Waals surface area contributed by atoms with E-state index in [2.05, 4.69) is 9.97 Å². The molecule has 1 aliphatic rings. The van der Waals surface area contributed by atoms with Gasteiger partial charge < -0.3 is 19.4 Å². The van der Waals surface area contributed by atoms with Gasteiger partial charge in [-0.05, 0) is 32.9 Å². The topological polar surface area (TPSA) is 67.4 Å². The highest BCUT2D eigenvalue weighted by Gasteiger charge is 2.28. The number of H-pyrrole nitrogens is 1. The van der Waals surface area contributed by atoms with Crippen molar-refractivity contribution in [3.8, 4) is 6.01 Å². The number of para-hydroxylation sites is 2.